The summed E-state index contributed by atoms with van der Waals surface area (Å²) in [6.07, 6.45) is 7.16. The van der Waals surface area contributed by atoms with Gasteiger partial charge in [0, 0.05) is 6.04 Å². The van der Waals surface area contributed by atoms with E-state index in [-0.39, 0.29) is 0 Å². The number of piperidine rings is 1. The van der Waals surface area contributed by atoms with Gasteiger partial charge in [-0.05, 0) is 64.7 Å². The topological polar surface area (TPSA) is 15.3 Å². The molecule has 0 aromatic heterocycles. The minimum atomic E-state index is 0.722. The van der Waals surface area contributed by atoms with Crippen LogP contribution in [-0.2, 0) is 0 Å². The molecule has 1 saturated carbocycles. The second-order valence-electron chi connectivity index (χ2n) is 5.03. The van der Waals surface area contributed by atoms with Crippen LogP contribution in [0.25, 0.3) is 0 Å². The Labute approximate surface area is 95.4 Å². The van der Waals surface area contributed by atoms with Gasteiger partial charge in [-0.3, -0.25) is 0 Å². The van der Waals surface area contributed by atoms with Gasteiger partial charge in [-0.25, -0.2) is 0 Å². The first kappa shape index (κ1) is 13.0. The molecule has 1 heterocycles. The third-order valence-electron chi connectivity index (χ3n) is 4.16. The van der Waals surface area contributed by atoms with Crippen molar-refractivity contribution in [2.45, 2.75) is 52.0 Å². The molecule has 2 rings (SSSR count). The van der Waals surface area contributed by atoms with Crippen molar-refractivity contribution in [3.8, 4) is 0 Å². The van der Waals surface area contributed by atoms with Gasteiger partial charge in [0.05, 0.1) is 0 Å². The molecular formula is C13H28N2. The highest BCUT2D eigenvalue weighted by molar-refractivity contribution is 4.94. The number of likely N-dealkylation sites (tertiary alicyclic amines) is 1. The zero-order chi connectivity index (χ0) is 11.3. The van der Waals surface area contributed by atoms with Crippen molar-refractivity contribution in [2.24, 2.45) is 5.41 Å². The normalized spacial score (nSPS) is 30.0. The van der Waals surface area contributed by atoms with Crippen LogP contribution in [0.5, 0.6) is 0 Å². The first-order valence-electron chi connectivity index (χ1n) is 6.60. The fourth-order valence-corrected chi connectivity index (χ4v) is 3.00. The lowest BCUT2D eigenvalue weighted by Crippen LogP contribution is -2.37. The Morgan fingerprint density at radius 3 is 2.20 bits per heavy atom. The summed E-state index contributed by atoms with van der Waals surface area (Å²) >= 11 is 0. The third-order valence-corrected chi connectivity index (χ3v) is 4.16. The number of hydrogen-bond donors (Lipinski definition) is 1. The van der Waals surface area contributed by atoms with Crippen LogP contribution in [0.2, 0.25) is 0 Å². The summed E-state index contributed by atoms with van der Waals surface area (Å²) in [6, 6.07) is 0.809. The minimum Gasteiger partial charge on any atom is -0.317 e. The molecule has 2 aliphatic rings. The molecule has 0 radical (unpaired) electrons. The molecule has 0 aromatic carbocycles. The number of rotatable bonds is 1. The monoisotopic (exact) mass is 212 g/mol. The van der Waals surface area contributed by atoms with Crippen molar-refractivity contribution < 1.29 is 0 Å². The molecule has 90 valence electrons. The molecule has 15 heavy (non-hydrogen) atoms. The van der Waals surface area contributed by atoms with Crippen molar-refractivity contribution in [2.75, 3.05) is 27.2 Å². The van der Waals surface area contributed by atoms with Gasteiger partial charge in [0.15, 0.2) is 0 Å². The van der Waals surface area contributed by atoms with Crippen LogP contribution in [0.1, 0.15) is 46.0 Å². The van der Waals surface area contributed by atoms with Gasteiger partial charge in [-0.1, -0.05) is 13.8 Å². The van der Waals surface area contributed by atoms with Crippen molar-refractivity contribution in [1.82, 2.24) is 10.2 Å². The van der Waals surface area contributed by atoms with Gasteiger partial charge < -0.3 is 10.2 Å². The van der Waals surface area contributed by atoms with E-state index in [0.717, 1.165) is 11.5 Å². The van der Waals surface area contributed by atoms with E-state index in [0.29, 0.717) is 0 Å². The summed E-state index contributed by atoms with van der Waals surface area (Å²) in [5, 5.41) is 3.43. The standard InChI is InChI=1S/C11H22N2.C2H6/c1-12-10-3-4-11(9-10)5-7-13(2)8-6-11;1-2/h10,12H,3-9H2,1-2H3;1-2H3. The zero-order valence-electron chi connectivity index (χ0n) is 11.0. The highest BCUT2D eigenvalue weighted by atomic mass is 15.1. The van der Waals surface area contributed by atoms with Gasteiger partial charge >= 0.3 is 0 Å². The molecular weight excluding hydrogens is 184 g/mol. The highest BCUT2D eigenvalue weighted by Gasteiger charge is 2.39. The fourth-order valence-electron chi connectivity index (χ4n) is 3.00. The molecule has 1 atom stereocenters. The predicted octanol–water partition coefficient (Wildman–Crippen LogP) is 2.50. The van der Waals surface area contributed by atoms with E-state index in [1.54, 1.807) is 0 Å². The fraction of sp³-hybridized carbons (Fsp3) is 1.00. The Morgan fingerprint density at radius 2 is 1.73 bits per heavy atom. The first-order chi connectivity index (χ1) is 7.24. The summed E-state index contributed by atoms with van der Waals surface area (Å²) in [5.74, 6) is 0. The summed E-state index contributed by atoms with van der Waals surface area (Å²) < 4.78 is 0. The van der Waals surface area contributed by atoms with Crippen LogP contribution in [0.15, 0.2) is 0 Å². The van der Waals surface area contributed by atoms with E-state index in [9.17, 15) is 0 Å². The van der Waals surface area contributed by atoms with Gasteiger partial charge in [0.25, 0.3) is 0 Å². The number of nitrogens with one attached hydrogen (secondary N) is 1. The summed E-state index contributed by atoms with van der Waals surface area (Å²) in [7, 11) is 4.36. The maximum absolute atomic E-state index is 3.43. The van der Waals surface area contributed by atoms with E-state index in [1.165, 1.54) is 45.2 Å². The molecule has 0 bridgehead atoms. The highest BCUT2D eigenvalue weighted by Crippen LogP contribution is 2.45. The third kappa shape index (κ3) is 3.18. The molecule has 1 saturated heterocycles. The molecule has 0 amide bonds. The van der Waals surface area contributed by atoms with E-state index < -0.39 is 0 Å². The SMILES string of the molecule is CC.CNC1CCC2(CCN(C)CC2)C1. The zero-order valence-corrected chi connectivity index (χ0v) is 11.0. The molecule has 2 heteroatoms. The molecule has 2 nitrogen and oxygen atoms in total. The van der Waals surface area contributed by atoms with Crippen molar-refractivity contribution in [3.63, 3.8) is 0 Å². The van der Waals surface area contributed by atoms with E-state index in [1.807, 2.05) is 13.8 Å². The Kier molecular flexibility index (Phi) is 5.07. The summed E-state index contributed by atoms with van der Waals surface area (Å²) in [5.41, 5.74) is 0.722. The van der Waals surface area contributed by atoms with Gasteiger partial charge in [-0.2, -0.15) is 0 Å². The average molecular weight is 212 g/mol. The molecule has 1 unspecified atom stereocenters. The average Bonchev–Trinajstić information content (AvgIpc) is 2.70. The Balaban J connectivity index is 0.000000531. The van der Waals surface area contributed by atoms with Crippen LogP contribution < -0.4 is 5.32 Å². The van der Waals surface area contributed by atoms with Crippen molar-refractivity contribution >= 4 is 0 Å². The second-order valence-corrected chi connectivity index (χ2v) is 5.03. The van der Waals surface area contributed by atoms with Crippen LogP contribution in [0.3, 0.4) is 0 Å². The quantitative estimate of drug-likeness (QED) is 0.718. The van der Waals surface area contributed by atoms with Crippen LogP contribution in [0, 0.1) is 5.41 Å². The predicted molar refractivity (Wildman–Crippen MR) is 67.2 cm³/mol. The number of hydrogen-bond acceptors (Lipinski definition) is 2. The largest absolute Gasteiger partial charge is 0.317 e. The Morgan fingerprint density at radius 1 is 1.13 bits per heavy atom. The smallest absolute Gasteiger partial charge is 0.00695 e. The molecule has 2 fully saturated rings. The molecule has 1 aliphatic heterocycles. The lowest BCUT2D eigenvalue weighted by molar-refractivity contribution is 0.125. The van der Waals surface area contributed by atoms with E-state index >= 15 is 0 Å². The Bertz CT molecular complexity index is 171. The molecule has 1 aliphatic carbocycles. The molecule has 1 spiro atoms. The van der Waals surface area contributed by atoms with E-state index in [4.69, 9.17) is 0 Å². The van der Waals surface area contributed by atoms with Crippen LogP contribution in [0.4, 0.5) is 0 Å². The maximum atomic E-state index is 3.43. The van der Waals surface area contributed by atoms with Crippen LogP contribution >= 0.6 is 0 Å². The lowest BCUT2D eigenvalue weighted by Gasteiger charge is -2.38. The maximum Gasteiger partial charge on any atom is 0.00695 e. The summed E-state index contributed by atoms with van der Waals surface area (Å²) in [4.78, 5) is 2.47. The molecule has 0 aromatic rings. The minimum absolute atomic E-state index is 0.722. The van der Waals surface area contributed by atoms with Gasteiger partial charge in [0.1, 0.15) is 0 Å². The first-order valence-corrected chi connectivity index (χ1v) is 6.60. The molecule has 1 N–H and O–H groups in total. The van der Waals surface area contributed by atoms with Crippen LogP contribution in [-0.4, -0.2) is 38.1 Å². The summed E-state index contributed by atoms with van der Waals surface area (Å²) in [6.45, 7) is 6.63. The number of nitrogens with zero attached hydrogens (tertiary/aromatic N) is 1. The Hall–Kier alpha value is -0.0800. The van der Waals surface area contributed by atoms with Crippen molar-refractivity contribution in [1.29, 1.82) is 0 Å². The lowest BCUT2D eigenvalue weighted by atomic mass is 9.77. The van der Waals surface area contributed by atoms with Gasteiger partial charge in [-0.15, -0.1) is 0 Å². The second kappa shape index (κ2) is 5.86. The van der Waals surface area contributed by atoms with Crippen molar-refractivity contribution in [3.05, 3.63) is 0 Å². The van der Waals surface area contributed by atoms with E-state index in [2.05, 4.69) is 24.3 Å². The van der Waals surface area contributed by atoms with Gasteiger partial charge in [0.2, 0.25) is 0 Å².